The van der Waals surface area contributed by atoms with E-state index in [1.54, 1.807) is 0 Å². The summed E-state index contributed by atoms with van der Waals surface area (Å²) in [5, 5.41) is 5.68. The number of hydrogen-bond acceptors (Lipinski definition) is 3. The van der Waals surface area contributed by atoms with Crippen LogP contribution < -0.4 is 5.32 Å². The summed E-state index contributed by atoms with van der Waals surface area (Å²) in [5.41, 5.74) is 5.13. The van der Waals surface area contributed by atoms with E-state index in [0.717, 1.165) is 26.6 Å². The number of hydrogen-bond donors (Lipinski definition) is 1. The molecule has 124 valence electrons. The van der Waals surface area contributed by atoms with Crippen LogP contribution >= 0.6 is 11.3 Å². The van der Waals surface area contributed by atoms with Crippen LogP contribution in [0.25, 0.3) is 21.0 Å². The Kier molecular flexibility index (Phi) is 3.77. The van der Waals surface area contributed by atoms with Gasteiger partial charge in [-0.05, 0) is 60.4 Å². The van der Waals surface area contributed by atoms with Crippen molar-refractivity contribution in [3.63, 3.8) is 0 Å². The van der Waals surface area contributed by atoms with Crippen LogP contribution in [0.5, 0.6) is 0 Å². The van der Waals surface area contributed by atoms with Crippen molar-refractivity contribution in [2.24, 2.45) is 0 Å². The van der Waals surface area contributed by atoms with Gasteiger partial charge in [0.15, 0.2) is 5.13 Å². The van der Waals surface area contributed by atoms with Gasteiger partial charge in [-0.25, -0.2) is 4.98 Å². The van der Waals surface area contributed by atoms with Gasteiger partial charge in [0.25, 0.3) is 5.91 Å². The van der Waals surface area contributed by atoms with Crippen molar-refractivity contribution in [2.75, 3.05) is 5.32 Å². The van der Waals surface area contributed by atoms with Crippen molar-refractivity contribution >= 4 is 43.4 Å². The molecule has 25 heavy (non-hydrogen) atoms. The van der Waals surface area contributed by atoms with Crippen LogP contribution in [0.2, 0.25) is 0 Å². The molecule has 1 N–H and O–H groups in total. The fourth-order valence-corrected chi connectivity index (χ4v) is 4.27. The van der Waals surface area contributed by atoms with E-state index < -0.39 is 0 Å². The third kappa shape index (κ3) is 2.79. The van der Waals surface area contributed by atoms with Crippen molar-refractivity contribution in [1.82, 2.24) is 4.98 Å². The fourth-order valence-electron chi connectivity index (χ4n) is 3.24. The highest BCUT2D eigenvalue weighted by molar-refractivity contribution is 7.22. The van der Waals surface area contributed by atoms with E-state index in [-0.39, 0.29) is 5.91 Å². The molecule has 0 atom stereocenters. The monoisotopic (exact) mass is 346 g/mol. The van der Waals surface area contributed by atoms with Gasteiger partial charge in [-0.1, -0.05) is 47.7 Å². The minimum atomic E-state index is -0.121. The summed E-state index contributed by atoms with van der Waals surface area (Å²) in [7, 11) is 0. The third-order valence-electron chi connectivity index (χ3n) is 4.44. The standard InChI is InChI=1S/C21H18N2OS/c1-12-10-14(3)19-18(11-12)25-21(22-19)23-20(24)17-9-8-13(2)15-6-4-5-7-16(15)17/h4-11H,1-3H3,(H,22,23,24). The summed E-state index contributed by atoms with van der Waals surface area (Å²) >= 11 is 1.51. The lowest BCUT2D eigenvalue weighted by molar-refractivity contribution is 0.102. The van der Waals surface area contributed by atoms with Crippen molar-refractivity contribution in [3.05, 3.63) is 70.8 Å². The predicted molar refractivity (Wildman–Crippen MR) is 106 cm³/mol. The molecule has 0 aliphatic carbocycles. The molecule has 1 amide bonds. The van der Waals surface area contributed by atoms with Gasteiger partial charge in [-0.15, -0.1) is 0 Å². The number of fused-ring (bicyclic) bond motifs is 2. The number of anilines is 1. The maximum absolute atomic E-state index is 12.8. The first-order valence-electron chi connectivity index (χ1n) is 8.20. The Hall–Kier alpha value is -2.72. The van der Waals surface area contributed by atoms with Crippen LogP contribution in [0.1, 0.15) is 27.0 Å². The molecule has 4 aromatic rings. The molecule has 1 heterocycles. The second-order valence-electron chi connectivity index (χ2n) is 6.38. The topological polar surface area (TPSA) is 42.0 Å². The summed E-state index contributed by atoms with van der Waals surface area (Å²) in [5.74, 6) is -0.121. The van der Waals surface area contributed by atoms with E-state index in [1.165, 1.54) is 22.5 Å². The van der Waals surface area contributed by atoms with E-state index in [0.29, 0.717) is 10.7 Å². The molecule has 3 nitrogen and oxygen atoms in total. The van der Waals surface area contributed by atoms with Crippen molar-refractivity contribution < 1.29 is 4.79 Å². The third-order valence-corrected chi connectivity index (χ3v) is 5.35. The van der Waals surface area contributed by atoms with Gasteiger partial charge in [0.2, 0.25) is 0 Å². The van der Waals surface area contributed by atoms with Gasteiger partial charge in [-0.3, -0.25) is 10.1 Å². The lowest BCUT2D eigenvalue weighted by Crippen LogP contribution is -2.12. The summed E-state index contributed by atoms with van der Waals surface area (Å²) < 4.78 is 1.10. The van der Waals surface area contributed by atoms with E-state index >= 15 is 0 Å². The predicted octanol–water partition coefficient (Wildman–Crippen LogP) is 5.63. The normalized spacial score (nSPS) is 11.2. The van der Waals surface area contributed by atoms with Gasteiger partial charge in [0.05, 0.1) is 10.2 Å². The number of benzene rings is 3. The molecule has 0 unspecified atom stereocenters. The van der Waals surface area contributed by atoms with Crippen LogP contribution in [0.15, 0.2) is 48.5 Å². The molecule has 0 spiro atoms. The molecular formula is C21H18N2OS. The maximum atomic E-state index is 12.8. The van der Waals surface area contributed by atoms with E-state index in [2.05, 4.69) is 36.3 Å². The largest absolute Gasteiger partial charge is 0.298 e. The number of carbonyl (C=O) groups is 1. The number of nitrogens with zero attached hydrogens (tertiary/aromatic N) is 1. The Labute approximate surface area is 150 Å². The zero-order valence-corrected chi connectivity index (χ0v) is 15.2. The first-order chi connectivity index (χ1) is 12.0. The lowest BCUT2D eigenvalue weighted by Gasteiger charge is -2.08. The summed E-state index contributed by atoms with van der Waals surface area (Å²) in [6.07, 6.45) is 0. The van der Waals surface area contributed by atoms with Crippen LogP contribution in [0.4, 0.5) is 5.13 Å². The molecule has 0 saturated carbocycles. The van der Waals surface area contributed by atoms with Crippen LogP contribution in [-0.4, -0.2) is 10.9 Å². The molecule has 0 aliphatic rings. The molecule has 3 aromatic carbocycles. The van der Waals surface area contributed by atoms with Crippen molar-refractivity contribution in [2.45, 2.75) is 20.8 Å². The molecule has 0 saturated heterocycles. The average Bonchev–Trinajstić information content (AvgIpc) is 2.98. The van der Waals surface area contributed by atoms with Gasteiger partial charge in [-0.2, -0.15) is 0 Å². The molecule has 1 aromatic heterocycles. The molecule has 0 fully saturated rings. The SMILES string of the molecule is Cc1cc(C)c2nc(NC(=O)c3ccc(C)c4ccccc34)sc2c1. The molecule has 4 rings (SSSR count). The summed E-state index contributed by atoms with van der Waals surface area (Å²) in [6.45, 7) is 6.18. The molecule has 0 aliphatic heterocycles. The van der Waals surface area contributed by atoms with E-state index in [9.17, 15) is 4.79 Å². The molecule has 0 bridgehead atoms. The van der Waals surface area contributed by atoms with Gasteiger partial charge < -0.3 is 0 Å². The van der Waals surface area contributed by atoms with E-state index in [4.69, 9.17) is 0 Å². The number of carbonyl (C=O) groups excluding carboxylic acids is 1. The van der Waals surface area contributed by atoms with Gasteiger partial charge >= 0.3 is 0 Å². The zero-order valence-electron chi connectivity index (χ0n) is 14.4. The highest BCUT2D eigenvalue weighted by Gasteiger charge is 2.14. The first-order valence-corrected chi connectivity index (χ1v) is 9.02. The van der Waals surface area contributed by atoms with Crippen molar-refractivity contribution in [1.29, 1.82) is 0 Å². The maximum Gasteiger partial charge on any atom is 0.258 e. The number of aryl methyl sites for hydroxylation is 3. The highest BCUT2D eigenvalue weighted by Crippen LogP contribution is 2.30. The fraction of sp³-hybridized carbons (Fsp3) is 0.143. The second-order valence-corrected chi connectivity index (χ2v) is 7.41. The first kappa shape index (κ1) is 15.8. The van der Waals surface area contributed by atoms with Crippen LogP contribution in [-0.2, 0) is 0 Å². The number of rotatable bonds is 2. The highest BCUT2D eigenvalue weighted by atomic mass is 32.1. The molecule has 0 radical (unpaired) electrons. The summed E-state index contributed by atoms with van der Waals surface area (Å²) in [6, 6.07) is 16.1. The Bertz CT molecular complexity index is 1130. The van der Waals surface area contributed by atoms with Crippen molar-refractivity contribution in [3.8, 4) is 0 Å². The summed E-state index contributed by atoms with van der Waals surface area (Å²) in [4.78, 5) is 17.4. The Morgan fingerprint density at radius 2 is 1.72 bits per heavy atom. The minimum absolute atomic E-state index is 0.121. The number of nitrogens with one attached hydrogen (secondary N) is 1. The molecular weight excluding hydrogens is 328 g/mol. The Morgan fingerprint density at radius 3 is 2.52 bits per heavy atom. The van der Waals surface area contributed by atoms with Crippen LogP contribution in [0.3, 0.4) is 0 Å². The number of aromatic nitrogens is 1. The quantitative estimate of drug-likeness (QED) is 0.511. The minimum Gasteiger partial charge on any atom is -0.298 e. The number of amides is 1. The number of thiazole rings is 1. The van der Waals surface area contributed by atoms with Crippen LogP contribution in [0, 0.1) is 20.8 Å². The van der Waals surface area contributed by atoms with Gasteiger partial charge in [0.1, 0.15) is 0 Å². The average molecular weight is 346 g/mol. The van der Waals surface area contributed by atoms with Gasteiger partial charge in [0, 0.05) is 5.56 Å². The Balaban J connectivity index is 1.74. The second kappa shape index (κ2) is 5.97. The lowest BCUT2D eigenvalue weighted by atomic mass is 10.00. The smallest absolute Gasteiger partial charge is 0.258 e. The van der Waals surface area contributed by atoms with E-state index in [1.807, 2.05) is 43.3 Å². The zero-order chi connectivity index (χ0) is 17.6. The molecule has 4 heteroatoms. The Morgan fingerprint density at radius 1 is 0.960 bits per heavy atom.